The third kappa shape index (κ3) is 3.63. The lowest BCUT2D eigenvalue weighted by atomic mass is 9.93. The number of ether oxygens (including phenoxy) is 1. The fraction of sp³-hybridized carbons (Fsp3) is 0.238. The van der Waals surface area contributed by atoms with E-state index in [9.17, 15) is 14.7 Å². The largest absolute Gasteiger partial charge is 0.511 e. The number of Topliss-reactive ketones (excluding diaryl/α,β-unsaturated/α-hetero) is 1. The number of ketones is 1. The molecule has 25 heavy (non-hydrogen) atoms. The molecule has 4 heteroatoms. The van der Waals surface area contributed by atoms with Crippen LogP contribution < -0.4 is 0 Å². The Morgan fingerprint density at radius 3 is 2.28 bits per heavy atom. The summed E-state index contributed by atoms with van der Waals surface area (Å²) in [6.07, 6.45) is 0.213. The number of benzene rings is 2. The van der Waals surface area contributed by atoms with Gasteiger partial charge in [0.2, 0.25) is 5.78 Å². The molecule has 1 aliphatic rings. The maximum Gasteiger partial charge on any atom is 0.346 e. The van der Waals surface area contributed by atoms with E-state index in [2.05, 4.69) is 0 Å². The predicted molar refractivity (Wildman–Crippen MR) is 94.2 cm³/mol. The van der Waals surface area contributed by atoms with Gasteiger partial charge in [0.15, 0.2) is 6.10 Å². The van der Waals surface area contributed by atoms with Crippen LogP contribution in [0.15, 0.2) is 72.0 Å². The lowest BCUT2D eigenvalue weighted by Crippen LogP contribution is -2.18. The first-order valence-corrected chi connectivity index (χ1v) is 8.35. The zero-order valence-corrected chi connectivity index (χ0v) is 14.0. The highest BCUT2D eigenvalue weighted by Crippen LogP contribution is 2.30. The summed E-state index contributed by atoms with van der Waals surface area (Å²) in [5.41, 5.74) is 1.70. The van der Waals surface area contributed by atoms with Crippen LogP contribution in [0.5, 0.6) is 0 Å². The fourth-order valence-electron chi connectivity index (χ4n) is 2.98. The Labute approximate surface area is 146 Å². The molecular weight excluding hydrogens is 316 g/mol. The maximum atomic E-state index is 12.6. The van der Waals surface area contributed by atoms with Crippen molar-refractivity contribution in [2.75, 3.05) is 0 Å². The van der Waals surface area contributed by atoms with Gasteiger partial charge in [-0.25, -0.2) is 4.79 Å². The van der Waals surface area contributed by atoms with Crippen molar-refractivity contribution in [3.63, 3.8) is 0 Å². The van der Waals surface area contributed by atoms with E-state index in [1.165, 1.54) is 0 Å². The lowest BCUT2D eigenvalue weighted by molar-refractivity contribution is -0.141. The van der Waals surface area contributed by atoms with Crippen LogP contribution in [0.4, 0.5) is 0 Å². The van der Waals surface area contributed by atoms with Gasteiger partial charge in [-0.2, -0.15) is 0 Å². The van der Waals surface area contributed by atoms with Crippen molar-refractivity contribution in [1.29, 1.82) is 0 Å². The molecule has 1 heterocycles. The average Bonchev–Trinajstić information content (AvgIpc) is 2.94. The van der Waals surface area contributed by atoms with Gasteiger partial charge in [0.1, 0.15) is 11.3 Å². The van der Waals surface area contributed by atoms with Crippen LogP contribution in [0, 0.1) is 0 Å². The van der Waals surface area contributed by atoms with Gasteiger partial charge in [-0.1, -0.05) is 67.6 Å². The SMILES string of the molecule is C[C@@H](C(O)=C1C(=O)O[C@@H](CCc2ccccc2)C1=O)c1ccccc1. The van der Waals surface area contributed by atoms with Crippen LogP contribution >= 0.6 is 0 Å². The predicted octanol–water partition coefficient (Wildman–Crippen LogP) is 3.73. The molecule has 0 aromatic heterocycles. The van der Waals surface area contributed by atoms with Gasteiger partial charge in [-0.15, -0.1) is 0 Å². The second-order valence-corrected chi connectivity index (χ2v) is 6.18. The van der Waals surface area contributed by atoms with Crippen molar-refractivity contribution in [2.24, 2.45) is 0 Å². The van der Waals surface area contributed by atoms with Crippen molar-refractivity contribution < 1.29 is 19.4 Å². The second kappa shape index (κ2) is 7.34. The standard InChI is InChI=1S/C21H20O4/c1-14(16-10-6-3-7-11-16)19(22)18-20(23)17(25-21(18)24)13-12-15-8-4-2-5-9-15/h2-11,14,17,22H,12-13H2,1H3/t14-,17+/m1/s1. The third-order valence-corrected chi connectivity index (χ3v) is 4.50. The molecule has 0 aliphatic carbocycles. The van der Waals surface area contributed by atoms with Crippen LogP contribution in [-0.2, 0) is 20.7 Å². The summed E-state index contributed by atoms with van der Waals surface area (Å²) in [7, 11) is 0. The van der Waals surface area contributed by atoms with Gasteiger partial charge >= 0.3 is 5.97 Å². The van der Waals surface area contributed by atoms with Crippen LogP contribution in [0.25, 0.3) is 0 Å². The molecule has 1 N–H and O–H groups in total. The number of aliphatic hydroxyl groups is 1. The molecular formula is C21H20O4. The molecule has 1 aliphatic heterocycles. The number of hydrogen-bond acceptors (Lipinski definition) is 4. The quantitative estimate of drug-likeness (QED) is 0.391. The molecule has 0 radical (unpaired) electrons. The highest BCUT2D eigenvalue weighted by atomic mass is 16.6. The number of rotatable bonds is 5. The van der Waals surface area contributed by atoms with Gasteiger partial charge in [0.25, 0.3) is 0 Å². The Morgan fingerprint density at radius 1 is 1.04 bits per heavy atom. The number of cyclic esters (lactones) is 1. The van der Waals surface area contributed by atoms with Gasteiger partial charge in [-0.3, -0.25) is 4.79 Å². The first-order chi connectivity index (χ1) is 12.1. The maximum absolute atomic E-state index is 12.6. The smallest absolute Gasteiger partial charge is 0.346 e. The number of aryl methyl sites for hydroxylation is 1. The molecule has 0 saturated carbocycles. The summed E-state index contributed by atoms with van der Waals surface area (Å²) in [6.45, 7) is 1.76. The molecule has 1 saturated heterocycles. The third-order valence-electron chi connectivity index (χ3n) is 4.50. The number of allylic oxidation sites excluding steroid dienone is 1. The Morgan fingerprint density at radius 2 is 1.64 bits per heavy atom. The molecule has 0 unspecified atom stereocenters. The molecule has 1 fully saturated rings. The number of aliphatic hydroxyl groups excluding tert-OH is 1. The Kier molecular flexibility index (Phi) is 4.98. The molecule has 0 amide bonds. The summed E-state index contributed by atoms with van der Waals surface area (Å²) in [5, 5.41) is 10.5. The molecule has 0 spiro atoms. The average molecular weight is 336 g/mol. The zero-order chi connectivity index (χ0) is 17.8. The number of carbonyl (C=O) groups excluding carboxylic acids is 2. The summed E-state index contributed by atoms with van der Waals surface area (Å²) >= 11 is 0. The van der Waals surface area contributed by atoms with E-state index in [0.29, 0.717) is 12.8 Å². The van der Waals surface area contributed by atoms with E-state index in [1.807, 2.05) is 60.7 Å². The van der Waals surface area contributed by atoms with E-state index in [-0.39, 0.29) is 11.3 Å². The lowest BCUT2D eigenvalue weighted by Gasteiger charge is -2.12. The second-order valence-electron chi connectivity index (χ2n) is 6.18. The normalized spacial score (nSPS) is 20.3. The summed E-state index contributed by atoms with van der Waals surface area (Å²) in [4.78, 5) is 24.7. The van der Waals surface area contributed by atoms with Crippen LogP contribution in [0.2, 0.25) is 0 Å². The molecule has 3 rings (SSSR count). The van der Waals surface area contributed by atoms with Crippen LogP contribution in [-0.4, -0.2) is 23.0 Å². The molecule has 2 atom stereocenters. The van der Waals surface area contributed by atoms with Crippen molar-refractivity contribution in [1.82, 2.24) is 0 Å². The Hall–Kier alpha value is -2.88. The van der Waals surface area contributed by atoms with Crippen LogP contribution in [0.3, 0.4) is 0 Å². The number of hydrogen-bond donors (Lipinski definition) is 1. The summed E-state index contributed by atoms with van der Waals surface area (Å²) in [6, 6.07) is 19.0. The molecule has 0 bridgehead atoms. The number of esters is 1. The topological polar surface area (TPSA) is 63.6 Å². The summed E-state index contributed by atoms with van der Waals surface area (Å²) < 4.78 is 5.21. The van der Waals surface area contributed by atoms with Crippen molar-refractivity contribution in [3.05, 3.63) is 83.1 Å². The zero-order valence-electron chi connectivity index (χ0n) is 14.0. The summed E-state index contributed by atoms with van der Waals surface area (Å²) in [5.74, 6) is -1.83. The van der Waals surface area contributed by atoms with E-state index in [1.54, 1.807) is 6.92 Å². The first kappa shape index (κ1) is 17.0. The van der Waals surface area contributed by atoms with Crippen molar-refractivity contribution >= 4 is 11.8 Å². The van der Waals surface area contributed by atoms with E-state index < -0.39 is 23.8 Å². The van der Waals surface area contributed by atoms with Crippen molar-refractivity contribution in [3.8, 4) is 0 Å². The van der Waals surface area contributed by atoms with E-state index in [0.717, 1.165) is 11.1 Å². The van der Waals surface area contributed by atoms with Crippen LogP contribution in [0.1, 0.15) is 30.4 Å². The number of carbonyl (C=O) groups is 2. The van der Waals surface area contributed by atoms with E-state index in [4.69, 9.17) is 4.74 Å². The minimum Gasteiger partial charge on any atom is -0.511 e. The van der Waals surface area contributed by atoms with Gasteiger partial charge in [0.05, 0.1) is 0 Å². The molecule has 128 valence electrons. The van der Waals surface area contributed by atoms with Gasteiger partial charge < -0.3 is 9.84 Å². The Bertz CT molecular complexity index is 793. The van der Waals surface area contributed by atoms with Crippen molar-refractivity contribution in [2.45, 2.75) is 31.8 Å². The highest BCUT2D eigenvalue weighted by molar-refractivity contribution is 6.23. The highest BCUT2D eigenvalue weighted by Gasteiger charge is 2.41. The minimum absolute atomic E-state index is 0.214. The Balaban J connectivity index is 1.76. The monoisotopic (exact) mass is 336 g/mol. The van der Waals surface area contributed by atoms with Gasteiger partial charge in [0, 0.05) is 5.92 Å². The minimum atomic E-state index is -0.826. The fourth-order valence-corrected chi connectivity index (χ4v) is 2.98. The first-order valence-electron chi connectivity index (χ1n) is 8.35. The molecule has 4 nitrogen and oxygen atoms in total. The van der Waals surface area contributed by atoms with Gasteiger partial charge in [-0.05, 0) is 24.0 Å². The van der Waals surface area contributed by atoms with E-state index >= 15 is 0 Å². The molecule has 2 aromatic rings. The molecule has 2 aromatic carbocycles.